The molecule has 2 saturated heterocycles. The fraction of sp³-hybridized carbons (Fsp3) is 0.750. The topological polar surface area (TPSA) is 57.7 Å². The van der Waals surface area contributed by atoms with Gasteiger partial charge in [0.15, 0.2) is 0 Å². The third-order valence-electron chi connectivity index (χ3n) is 7.89. The molecule has 0 N–H and O–H groups in total. The van der Waals surface area contributed by atoms with Gasteiger partial charge in [-0.05, 0) is 47.0 Å². The Kier molecular flexibility index (Phi) is 4.34. The monoisotopic (exact) mass is 410 g/mol. The Hall–Kier alpha value is -0.920. The van der Waals surface area contributed by atoms with Crippen LogP contribution in [0.25, 0.3) is 0 Å². The number of piperidine rings is 1. The number of nitrogens with zero attached hydrogens (tertiary/aromatic N) is 2. The predicted molar refractivity (Wildman–Crippen MR) is 107 cm³/mol. The van der Waals surface area contributed by atoms with E-state index < -0.39 is 10.0 Å². The number of thiophene rings is 1. The molecule has 3 fully saturated rings. The summed E-state index contributed by atoms with van der Waals surface area (Å²) in [6.07, 6.45) is 2.69. The van der Waals surface area contributed by atoms with Gasteiger partial charge in [0.05, 0.1) is 0 Å². The maximum absolute atomic E-state index is 13.1. The molecule has 1 saturated carbocycles. The van der Waals surface area contributed by atoms with Gasteiger partial charge in [-0.2, -0.15) is 4.31 Å². The van der Waals surface area contributed by atoms with E-state index in [-0.39, 0.29) is 22.2 Å². The molecule has 5 nitrogen and oxygen atoms in total. The molecule has 0 unspecified atom stereocenters. The Bertz CT molecular complexity index is 821. The highest BCUT2D eigenvalue weighted by molar-refractivity contribution is 7.91. The van der Waals surface area contributed by atoms with Crippen LogP contribution < -0.4 is 0 Å². The summed E-state index contributed by atoms with van der Waals surface area (Å²) in [7, 11) is -3.36. The van der Waals surface area contributed by atoms with Gasteiger partial charge in [0, 0.05) is 32.1 Å². The number of likely N-dealkylation sites (tertiary alicyclic amines) is 1. The Labute approximate surface area is 166 Å². The van der Waals surface area contributed by atoms with Crippen molar-refractivity contribution in [3.8, 4) is 0 Å². The smallest absolute Gasteiger partial charge is 0.252 e. The lowest BCUT2D eigenvalue weighted by molar-refractivity contribution is -0.133. The van der Waals surface area contributed by atoms with Crippen LogP contribution in [0, 0.1) is 22.2 Å². The molecule has 4 rings (SSSR count). The number of carbonyl (C=O) groups is 1. The summed E-state index contributed by atoms with van der Waals surface area (Å²) in [5.41, 5.74) is 0.232. The molecule has 3 heterocycles. The summed E-state index contributed by atoms with van der Waals surface area (Å²) in [6.45, 7) is 11.5. The van der Waals surface area contributed by atoms with Gasteiger partial charge < -0.3 is 4.90 Å². The standard InChI is InChI=1S/C20H30N2O3S2/c1-18(2)16(19(18,3)4)17(23)21-10-7-20(14-21)8-11-22(12-9-20)27(24,25)15-6-5-13-26-15/h5-6,13,16H,7-12,14H2,1-4H3. The minimum absolute atomic E-state index is 0.0674. The summed E-state index contributed by atoms with van der Waals surface area (Å²) >= 11 is 1.28. The van der Waals surface area contributed by atoms with E-state index in [1.165, 1.54) is 11.3 Å². The lowest BCUT2D eigenvalue weighted by Crippen LogP contribution is -2.44. The van der Waals surface area contributed by atoms with Gasteiger partial charge in [0.1, 0.15) is 4.21 Å². The maximum Gasteiger partial charge on any atom is 0.252 e. The second-order valence-corrected chi connectivity index (χ2v) is 12.8. The van der Waals surface area contributed by atoms with E-state index in [9.17, 15) is 13.2 Å². The fourth-order valence-corrected chi connectivity index (χ4v) is 7.85. The van der Waals surface area contributed by atoms with Crippen molar-refractivity contribution in [2.24, 2.45) is 22.2 Å². The molecule has 1 aromatic rings. The average molecular weight is 411 g/mol. The van der Waals surface area contributed by atoms with Gasteiger partial charge in [-0.15, -0.1) is 11.3 Å². The molecule has 2 aliphatic heterocycles. The first-order valence-electron chi connectivity index (χ1n) is 9.84. The highest BCUT2D eigenvalue weighted by Gasteiger charge is 2.69. The van der Waals surface area contributed by atoms with Crippen molar-refractivity contribution >= 4 is 27.3 Å². The second-order valence-electron chi connectivity index (χ2n) is 9.72. The van der Waals surface area contributed by atoms with Crippen LogP contribution in [0.5, 0.6) is 0 Å². The molecule has 0 aromatic carbocycles. The maximum atomic E-state index is 13.1. The van der Waals surface area contributed by atoms with Gasteiger partial charge >= 0.3 is 0 Å². The number of rotatable bonds is 3. The molecule has 0 bridgehead atoms. The van der Waals surface area contributed by atoms with Crippen LogP contribution in [-0.2, 0) is 14.8 Å². The minimum Gasteiger partial charge on any atom is -0.342 e. The molecule has 3 aliphatic rings. The molecule has 0 atom stereocenters. The van der Waals surface area contributed by atoms with Gasteiger partial charge in [0.2, 0.25) is 5.91 Å². The predicted octanol–water partition coefficient (Wildman–Crippen LogP) is 3.43. The molecule has 150 valence electrons. The van der Waals surface area contributed by atoms with Gasteiger partial charge in [-0.25, -0.2) is 8.42 Å². The molecular formula is C20H30N2O3S2. The van der Waals surface area contributed by atoms with E-state index in [0.717, 1.165) is 32.4 Å². The van der Waals surface area contributed by atoms with Crippen LogP contribution in [0.2, 0.25) is 0 Å². The van der Waals surface area contributed by atoms with Crippen molar-refractivity contribution < 1.29 is 13.2 Å². The minimum atomic E-state index is -3.36. The average Bonchev–Trinajstić information content (AvgIpc) is 3.11. The number of sulfonamides is 1. The SMILES string of the molecule is CC1(C)C(C(=O)N2CCC3(CCN(S(=O)(=O)c4cccs4)CC3)C2)C1(C)C. The third-order valence-corrected chi connectivity index (χ3v) is 11.2. The molecule has 27 heavy (non-hydrogen) atoms. The number of carbonyl (C=O) groups excluding carboxylic acids is 1. The largest absolute Gasteiger partial charge is 0.342 e. The van der Waals surface area contributed by atoms with E-state index in [0.29, 0.717) is 23.2 Å². The van der Waals surface area contributed by atoms with E-state index in [2.05, 4.69) is 32.6 Å². The van der Waals surface area contributed by atoms with Crippen LogP contribution in [0.3, 0.4) is 0 Å². The van der Waals surface area contributed by atoms with E-state index in [4.69, 9.17) is 0 Å². The zero-order chi connectivity index (χ0) is 19.7. The van der Waals surface area contributed by atoms with Crippen molar-refractivity contribution in [3.63, 3.8) is 0 Å². The highest BCUT2D eigenvalue weighted by atomic mass is 32.2. The first kappa shape index (κ1) is 19.4. The summed E-state index contributed by atoms with van der Waals surface area (Å²) in [4.78, 5) is 15.1. The Balaban J connectivity index is 1.40. The van der Waals surface area contributed by atoms with Crippen molar-refractivity contribution in [2.45, 2.75) is 51.2 Å². The number of hydrogen-bond donors (Lipinski definition) is 0. The number of amides is 1. The van der Waals surface area contributed by atoms with Crippen LogP contribution in [-0.4, -0.2) is 49.7 Å². The lowest BCUT2D eigenvalue weighted by atomic mass is 9.78. The van der Waals surface area contributed by atoms with Gasteiger partial charge in [-0.1, -0.05) is 33.8 Å². The summed E-state index contributed by atoms with van der Waals surface area (Å²) in [6, 6.07) is 3.46. The molecule has 1 spiro atoms. The molecular weight excluding hydrogens is 380 g/mol. The first-order valence-corrected chi connectivity index (χ1v) is 12.2. The zero-order valence-corrected chi connectivity index (χ0v) is 18.3. The third kappa shape index (κ3) is 2.88. The number of hydrogen-bond acceptors (Lipinski definition) is 4. The first-order chi connectivity index (χ1) is 12.5. The molecule has 0 radical (unpaired) electrons. The molecule has 1 aliphatic carbocycles. The van der Waals surface area contributed by atoms with Crippen LogP contribution in [0.15, 0.2) is 21.7 Å². The Morgan fingerprint density at radius 1 is 1.07 bits per heavy atom. The zero-order valence-electron chi connectivity index (χ0n) is 16.7. The molecule has 1 aromatic heterocycles. The van der Waals surface area contributed by atoms with Gasteiger partial charge in [-0.3, -0.25) is 4.79 Å². The van der Waals surface area contributed by atoms with Crippen molar-refractivity contribution in [1.82, 2.24) is 9.21 Å². The van der Waals surface area contributed by atoms with Crippen LogP contribution in [0.1, 0.15) is 47.0 Å². The lowest BCUT2D eigenvalue weighted by Gasteiger charge is -2.38. The van der Waals surface area contributed by atoms with E-state index in [1.807, 2.05) is 0 Å². The van der Waals surface area contributed by atoms with Crippen LogP contribution in [0.4, 0.5) is 0 Å². The van der Waals surface area contributed by atoms with Crippen molar-refractivity contribution in [3.05, 3.63) is 17.5 Å². The van der Waals surface area contributed by atoms with Crippen molar-refractivity contribution in [2.75, 3.05) is 26.2 Å². The molecule has 1 amide bonds. The summed E-state index contributed by atoms with van der Waals surface area (Å²) in [5, 5.41) is 1.81. The van der Waals surface area contributed by atoms with Crippen LogP contribution >= 0.6 is 11.3 Å². The second kappa shape index (κ2) is 6.04. The highest BCUT2D eigenvalue weighted by Crippen LogP contribution is 2.69. The Morgan fingerprint density at radius 3 is 2.19 bits per heavy atom. The summed E-state index contributed by atoms with van der Waals surface area (Å²) < 4.78 is 27.5. The Morgan fingerprint density at radius 2 is 1.67 bits per heavy atom. The summed E-state index contributed by atoms with van der Waals surface area (Å²) in [5.74, 6) is 0.412. The van der Waals surface area contributed by atoms with Crippen molar-refractivity contribution in [1.29, 1.82) is 0 Å². The normalized spacial score (nSPS) is 27.2. The quantitative estimate of drug-likeness (QED) is 0.767. The van der Waals surface area contributed by atoms with E-state index >= 15 is 0 Å². The fourth-order valence-electron chi connectivity index (χ4n) is 5.27. The van der Waals surface area contributed by atoms with Gasteiger partial charge in [0.25, 0.3) is 10.0 Å². The molecule has 7 heteroatoms. The van der Waals surface area contributed by atoms with E-state index in [1.54, 1.807) is 21.8 Å².